The standard InChI is InChI=1S/C31H34F3NO4/c1-6-8-19-14-15-35-24(17-19)22-11-12-23(31(32,33)34)27(28(29(36)37-5)39-30(2,3)4)26(22)21-10-13-25-20(18-21)9-7-16-38-25/h10-15,17-18,28H,6-9,16H2,1-5H3. The minimum Gasteiger partial charge on any atom is -0.493 e. The fourth-order valence-corrected chi connectivity index (χ4v) is 4.93. The molecule has 0 fully saturated rings. The van der Waals surface area contributed by atoms with Gasteiger partial charge >= 0.3 is 12.1 Å². The molecule has 0 spiro atoms. The molecule has 208 valence electrons. The number of nitrogens with zero attached hydrogens (tertiary/aromatic N) is 1. The number of carbonyl (C=O) groups excluding carboxylic acids is 1. The number of rotatable bonds is 7. The molecule has 0 radical (unpaired) electrons. The van der Waals surface area contributed by atoms with Crippen molar-refractivity contribution >= 4 is 5.97 Å². The van der Waals surface area contributed by atoms with Gasteiger partial charge in [-0.2, -0.15) is 13.2 Å². The number of aromatic nitrogens is 1. The molecule has 4 rings (SSSR count). The van der Waals surface area contributed by atoms with Gasteiger partial charge in [-0.25, -0.2) is 4.79 Å². The minimum atomic E-state index is -4.76. The molecule has 0 aliphatic carbocycles. The largest absolute Gasteiger partial charge is 0.493 e. The fourth-order valence-electron chi connectivity index (χ4n) is 4.93. The Bertz CT molecular complexity index is 1340. The van der Waals surface area contributed by atoms with Gasteiger partial charge in [0.1, 0.15) is 5.75 Å². The SMILES string of the molecule is CCCc1ccnc(-c2ccc(C(F)(F)F)c(C(OC(C)(C)C)C(=O)OC)c2-c2ccc3c(c2)CCCO3)c1. The van der Waals surface area contributed by atoms with E-state index >= 15 is 0 Å². The van der Waals surface area contributed by atoms with Crippen molar-refractivity contribution in [2.24, 2.45) is 0 Å². The van der Waals surface area contributed by atoms with Crippen LogP contribution in [0.4, 0.5) is 13.2 Å². The molecule has 39 heavy (non-hydrogen) atoms. The van der Waals surface area contributed by atoms with Crippen LogP contribution in [-0.2, 0) is 33.3 Å². The highest BCUT2D eigenvalue weighted by Gasteiger charge is 2.42. The van der Waals surface area contributed by atoms with Crippen LogP contribution in [-0.4, -0.2) is 30.3 Å². The van der Waals surface area contributed by atoms with Crippen molar-refractivity contribution in [3.05, 3.63) is 70.9 Å². The third-order valence-corrected chi connectivity index (χ3v) is 6.54. The summed E-state index contributed by atoms with van der Waals surface area (Å²) in [6.45, 7) is 7.70. The second-order valence-electron chi connectivity index (χ2n) is 10.7. The van der Waals surface area contributed by atoms with E-state index in [-0.39, 0.29) is 11.1 Å². The number of alkyl halides is 3. The molecule has 1 aromatic heterocycles. The Kier molecular flexibility index (Phi) is 8.35. The summed E-state index contributed by atoms with van der Waals surface area (Å²) in [5.41, 5.74) is 1.46. The lowest BCUT2D eigenvalue weighted by atomic mass is 9.85. The van der Waals surface area contributed by atoms with Crippen LogP contribution in [0, 0.1) is 0 Å². The van der Waals surface area contributed by atoms with Gasteiger partial charge in [0.2, 0.25) is 0 Å². The monoisotopic (exact) mass is 541 g/mol. The van der Waals surface area contributed by atoms with E-state index in [1.807, 2.05) is 18.2 Å². The Morgan fingerprint density at radius 3 is 2.54 bits per heavy atom. The Balaban J connectivity index is 2.11. The minimum absolute atomic E-state index is 0.235. The first-order valence-electron chi connectivity index (χ1n) is 13.1. The number of benzene rings is 2. The van der Waals surface area contributed by atoms with E-state index in [4.69, 9.17) is 14.2 Å². The fraction of sp³-hybridized carbons (Fsp3) is 0.419. The zero-order valence-corrected chi connectivity index (χ0v) is 22.9. The maximum atomic E-state index is 14.6. The Morgan fingerprint density at radius 1 is 1.10 bits per heavy atom. The van der Waals surface area contributed by atoms with Gasteiger partial charge in [-0.05, 0) is 92.6 Å². The average molecular weight is 542 g/mol. The molecule has 0 bridgehead atoms. The van der Waals surface area contributed by atoms with Crippen molar-refractivity contribution in [1.82, 2.24) is 4.98 Å². The highest BCUT2D eigenvalue weighted by atomic mass is 19.4. The number of ether oxygens (including phenoxy) is 3. The van der Waals surface area contributed by atoms with E-state index in [9.17, 15) is 18.0 Å². The van der Waals surface area contributed by atoms with E-state index in [0.717, 1.165) is 50.0 Å². The summed E-state index contributed by atoms with van der Waals surface area (Å²) in [6, 6.07) is 11.6. The van der Waals surface area contributed by atoms with Gasteiger partial charge in [0.25, 0.3) is 0 Å². The van der Waals surface area contributed by atoms with Gasteiger partial charge in [0, 0.05) is 17.3 Å². The molecular formula is C31H34F3NO4. The Morgan fingerprint density at radius 2 is 1.87 bits per heavy atom. The average Bonchev–Trinajstić information content (AvgIpc) is 2.89. The van der Waals surface area contributed by atoms with Gasteiger partial charge in [0.05, 0.1) is 30.6 Å². The summed E-state index contributed by atoms with van der Waals surface area (Å²) in [7, 11) is 1.14. The molecule has 2 heterocycles. The molecule has 0 saturated carbocycles. The molecule has 5 nitrogen and oxygen atoms in total. The maximum Gasteiger partial charge on any atom is 0.416 e. The zero-order valence-electron chi connectivity index (χ0n) is 22.9. The molecule has 1 aliphatic heterocycles. The van der Waals surface area contributed by atoms with Crippen molar-refractivity contribution in [1.29, 1.82) is 0 Å². The van der Waals surface area contributed by atoms with Crippen LogP contribution in [0.1, 0.15) is 68.9 Å². The highest BCUT2D eigenvalue weighted by Crippen LogP contribution is 2.47. The lowest BCUT2D eigenvalue weighted by Crippen LogP contribution is -2.30. The number of aryl methyl sites for hydroxylation is 2. The maximum absolute atomic E-state index is 14.6. The van der Waals surface area contributed by atoms with Gasteiger partial charge in [-0.1, -0.05) is 25.5 Å². The van der Waals surface area contributed by atoms with Crippen LogP contribution in [0.15, 0.2) is 48.7 Å². The lowest BCUT2D eigenvalue weighted by Gasteiger charge is -2.30. The Hall–Kier alpha value is -3.39. The summed E-state index contributed by atoms with van der Waals surface area (Å²) in [5.74, 6) is -0.207. The predicted octanol–water partition coefficient (Wildman–Crippen LogP) is 7.74. The molecular weight excluding hydrogens is 507 g/mol. The predicted molar refractivity (Wildman–Crippen MR) is 144 cm³/mol. The molecule has 3 aromatic rings. The van der Waals surface area contributed by atoms with Crippen LogP contribution in [0.25, 0.3) is 22.4 Å². The van der Waals surface area contributed by atoms with Crippen molar-refractivity contribution < 1.29 is 32.2 Å². The van der Waals surface area contributed by atoms with E-state index in [2.05, 4.69) is 11.9 Å². The van der Waals surface area contributed by atoms with Crippen LogP contribution in [0.5, 0.6) is 5.75 Å². The van der Waals surface area contributed by atoms with Crippen LogP contribution in [0.2, 0.25) is 0 Å². The molecule has 0 saturated heterocycles. The molecule has 0 N–H and O–H groups in total. The smallest absolute Gasteiger partial charge is 0.416 e. The molecule has 1 aliphatic rings. The van der Waals surface area contributed by atoms with Crippen LogP contribution < -0.4 is 4.74 Å². The first-order valence-corrected chi connectivity index (χ1v) is 13.1. The first kappa shape index (κ1) is 28.6. The van der Waals surface area contributed by atoms with Gasteiger partial charge < -0.3 is 14.2 Å². The molecule has 1 atom stereocenters. The van der Waals surface area contributed by atoms with Crippen LogP contribution in [0.3, 0.4) is 0 Å². The van der Waals surface area contributed by atoms with Crippen molar-refractivity contribution in [3.8, 4) is 28.1 Å². The number of fused-ring (bicyclic) bond motifs is 1. The number of methoxy groups -OCH3 is 1. The molecule has 1 unspecified atom stereocenters. The number of hydrogen-bond acceptors (Lipinski definition) is 5. The molecule has 0 amide bonds. The van der Waals surface area contributed by atoms with Gasteiger partial charge in [-0.15, -0.1) is 0 Å². The second kappa shape index (κ2) is 11.4. The number of esters is 1. The summed E-state index contributed by atoms with van der Waals surface area (Å²) >= 11 is 0. The molecule has 2 aromatic carbocycles. The number of carbonyl (C=O) groups is 1. The van der Waals surface area contributed by atoms with Crippen LogP contribution >= 0.6 is 0 Å². The molecule has 8 heteroatoms. The third-order valence-electron chi connectivity index (χ3n) is 6.54. The summed E-state index contributed by atoms with van der Waals surface area (Å²) in [5, 5.41) is 0. The summed E-state index contributed by atoms with van der Waals surface area (Å²) in [4.78, 5) is 17.7. The second-order valence-corrected chi connectivity index (χ2v) is 10.7. The Labute approximate surface area is 227 Å². The highest BCUT2D eigenvalue weighted by molar-refractivity contribution is 5.90. The normalized spacial score (nSPS) is 14.4. The third kappa shape index (κ3) is 6.44. The first-order chi connectivity index (χ1) is 18.4. The topological polar surface area (TPSA) is 57.7 Å². The van der Waals surface area contributed by atoms with E-state index in [1.54, 1.807) is 39.1 Å². The number of pyridine rings is 1. The van der Waals surface area contributed by atoms with Crippen molar-refractivity contribution in [3.63, 3.8) is 0 Å². The van der Waals surface area contributed by atoms with Crippen molar-refractivity contribution in [2.75, 3.05) is 13.7 Å². The van der Waals surface area contributed by atoms with Gasteiger partial charge in [-0.3, -0.25) is 4.98 Å². The number of halogens is 3. The number of hydrogen-bond donors (Lipinski definition) is 0. The van der Waals surface area contributed by atoms with E-state index in [0.29, 0.717) is 29.2 Å². The van der Waals surface area contributed by atoms with E-state index in [1.165, 1.54) is 6.07 Å². The quantitative estimate of drug-likeness (QED) is 0.286. The summed E-state index contributed by atoms with van der Waals surface area (Å²) in [6.07, 6.45) is -1.49. The lowest BCUT2D eigenvalue weighted by molar-refractivity contribution is -0.166. The zero-order chi connectivity index (χ0) is 28.4. The van der Waals surface area contributed by atoms with Crippen molar-refractivity contribution in [2.45, 2.75) is 71.3 Å². The van der Waals surface area contributed by atoms with E-state index < -0.39 is 29.4 Å². The van der Waals surface area contributed by atoms with Gasteiger partial charge in [0.15, 0.2) is 6.10 Å². The summed E-state index contributed by atoms with van der Waals surface area (Å²) < 4.78 is 60.7.